The van der Waals surface area contributed by atoms with Gasteiger partial charge < -0.3 is 20.9 Å². The van der Waals surface area contributed by atoms with Crippen LogP contribution in [0.15, 0.2) is 0 Å². The maximum Gasteiger partial charge on any atom is 0.0638 e. The number of hydrogen-bond acceptors (Lipinski definition) is 4. The van der Waals surface area contributed by atoms with Gasteiger partial charge in [0.2, 0.25) is 0 Å². The fourth-order valence-electron chi connectivity index (χ4n) is 1.58. The second-order valence-electron chi connectivity index (χ2n) is 5.22. The van der Waals surface area contributed by atoms with Crippen LogP contribution in [0, 0.1) is 5.92 Å². The molecule has 0 saturated carbocycles. The molecular weight excluding hydrogens is 204 g/mol. The van der Waals surface area contributed by atoms with Gasteiger partial charge in [0.15, 0.2) is 0 Å². The Kier molecular flexibility index (Phi) is 7.15. The molecule has 4 N–H and O–H groups in total. The second-order valence-corrected chi connectivity index (χ2v) is 5.22. The van der Waals surface area contributed by atoms with Crippen LogP contribution in [-0.2, 0) is 4.74 Å². The molecule has 4 nitrogen and oxygen atoms in total. The fraction of sp³-hybridized carbons (Fsp3) is 1.00. The maximum absolute atomic E-state index is 9.07. The highest BCUT2D eigenvalue weighted by atomic mass is 16.5. The van der Waals surface area contributed by atoms with Crippen molar-refractivity contribution in [3.63, 3.8) is 0 Å². The molecule has 0 saturated heterocycles. The molecule has 98 valence electrons. The summed E-state index contributed by atoms with van der Waals surface area (Å²) in [6.45, 7) is 8.97. The normalized spacial score (nSPS) is 18.2. The summed E-state index contributed by atoms with van der Waals surface area (Å²) in [6, 6.07) is 0.477. The second kappa shape index (κ2) is 7.22. The van der Waals surface area contributed by atoms with Gasteiger partial charge in [0, 0.05) is 32.3 Å². The highest BCUT2D eigenvalue weighted by Gasteiger charge is 2.24. The first-order chi connectivity index (χ1) is 7.36. The van der Waals surface area contributed by atoms with Crippen LogP contribution in [0.25, 0.3) is 0 Å². The predicted molar refractivity (Wildman–Crippen MR) is 67.4 cm³/mol. The van der Waals surface area contributed by atoms with Crippen LogP contribution < -0.4 is 11.1 Å². The number of aliphatic hydroxyl groups excluding tert-OH is 1. The molecule has 0 aliphatic heterocycles. The van der Waals surface area contributed by atoms with Gasteiger partial charge in [-0.15, -0.1) is 0 Å². The summed E-state index contributed by atoms with van der Waals surface area (Å²) in [6.07, 6.45) is 0.864. The summed E-state index contributed by atoms with van der Waals surface area (Å²) in [5.74, 6) is 0.236. The number of nitrogens with one attached hydrogen (secondary N) is 1. The monoisotopic (exact) mass is 232 g/mol. The van der Waals surface area contributed by atoms with Crippen molar-refractivity contribution in [1.29, 1.82) is 0 Å². The van der Waals surface area contributed by atoms with E-state index in [4.69, 9.17) is 15.6 Å². The maximum atomic E-state index is 9.07. The van der Waals surface area contributed by atoms with Gasteiger partial charge in [0.25, 0.3) is 0 Å². The van der Waals surface area contributed by atoms with Crippen molar-refractivity contribution in [2.45, 2.75) is 51.8 Å². The molecule has 0 radical (unpaired) electrons. The van der Waals surface area contributed by atoms with Crippen molar-refractivity contribution in [3.05, 3.63) is 0 Å². The molecule has 0 aromatic rings. The largest absolute Gasteiger partial charge is 0.396 e. The van der Waals surface area contributed by atoms with E-state index in [2.05, 4.69) is 26.1 Å². The molecule has 0 aromatic heterocycles. The number of aliphatic hydroxyl groups is 1. The number of ether oxygens (including phenoxy) is 1. The Morgan fingerprint density at radius 2 is 1.94 bits per heavy atom. The van der Waals surface area contributed by atoms with Crippen molar-refractivity contribution >= 4 is 0 Å². The lowest BCUT2D eigenvalue weighted by Gasteiger charge is -2.31. The first-order valence-corrected chi connectivity index (χ1v) is 5.98. The van der Waals surface area contributed by atoms with Gasteiger partial charge in [-0.2, -0.15) is 0 Å². The molecular formula is C12H28N2O2. The number of rotatable bonds is 8. The van der Waals surface area contributed by atoms with Crippen LogP contribution in [0.3, 0.4) is 0 Å². The minimum absolute atomic E-state index is 0.167. The molecule has 0 rings (SSSR count). The highest BCUT2D eigenvalue weighted by molar-refractivity contribution is 4.82. The van der Waals surface area contributed by atoms with Crippen LogP contribution in [0.2, 0.25) is 0 Å². The molecule has 4 heteroatoms. The zero-order chi connectivity index (χ0) is 12.8. The average molecular weight is 232 g/mol. The Balaban J connectivity index is 4.20. The Morgan fingerprint density at radius 3 is 2.31 bits per heavy atom. The highest BCUT2D eigenvalue weighted by Crippen LogP contribution is 2.16. The first-order valence-electron chi connectivity index (χ1n) is 5.98. The lowest BCUT2D eigenvalue weighted by molar-refractivity contribution is 0.00615. The van der Waals surface area contributed by atoms with Crippen LogP contribution >= 0.6 is 0 Å². The number of hydrogen-bond donors (Lipinski definition) is 3. The zero-order valence-electron chi connectivity index (χ0n) is 11.3. The third-order valence-electron chi connectivity index (χ3n) is 3.22. The molecule has 0 spiro atoms. The van der Waals surface area contributed by atoms with Crippen LogP contribution in [-0.4, -0.2) is 43.1 Å². The predicted octanol–water partition coefficient (Wildman–Crippen LogP) is 0.735. The van der Waals surface area contributed by atoms with Gasteiger partial charge in [-0.05, 0) is 33.1 Å². The summed E-state index contributed by atoms with van der Waals surface area (Å²) in [5, 5.41) is 12.5. The van der Waals surface area contributed by atoms with Crippen molar-refractivity contribution < 1.29 is 9.84 Å². The van der Waals surface area contributed by atoms with Crippen LogP contribution in [0.5, 0.6) is 0 Å². The Bertz CT molecular complexity index is 186. The molecule has 3 atom stereocenters. The quantitative estimate of drug-likeness (QED) is 0.577. The van der Waals surface area contributed by atoms with E-state index in [9.17, 15) is 0 Å². The van der Waals surface area contributed by atoms with Gasteiger partial charge in [-0.1, -0.05) is 6.92 Å². The molecule has 0 fully saturated rings. The van der Waals surface area contributed by atoms with E-state index < -0.39 is 0 Å². The molecule has 16 heavy (non-hydrogen) atoms. The first kappa shape index (κ1) is 15.8. The smallest absolute Gasteiger partial charge is 0.0638 e. The van der Waals surface area contributed by atoms with E-state index in [0.29, 0.717) is 6.54 Å². The summed E-state index contributed by atoms with van der Waals surface area (Å²) < 4.78 is 5.39. The summed E-state index contributed by atoms with van der Waals surface area (Å²) >= 11 is 0. The van der Waals surface area contributed by atoms with E-state index in [1.54, 1.807) is 7.11 Å². The SMILES string of the molecule is COC(C)(C)CC(CN)NC(C)C(C)CO. The van der Waals surface area contributed by atoms with E-state index in [0.717, 1.165) is 6.42 Å². The average Bonchev–Trinajstić information content (AvgIpc) is 2.26. The molecule has 0 amide bonds. The Labute approximate surface area is 99.6 Å². The van der Waals surface area contributed by atoms with E-state index in [1.807, 2.05) is 6.92 Å². The molecule has 0 bridgehead atoms. The van der Waals surface area contributed by atoms with Crippen LogP contribution in [0.1, 0.15) is 34.1 Å². The van der Waals surface area contributed by atoms with Crippen molar-refractivity contribution in [1.82, 2.24) is 5.32 Å². The van der Waals surface area contributed by atoms with Crippen LogP contribution in [0.4, 0.5) is 0 Å². The molecule has 0 aromatic carbocycles. The van der Waals surface area contributed by atoms with E-state index >= 15 is 0 Å². The number of methoxy groups -OCH3 is 1. The summed E-state index contributed by atoms with van der Waals surface area (Å²) in [4.78, 5) is 0. The van der Waals surface area contributed by atoms with Gasteiger partial charge in [-0.25, -0.2) is 0 Å². The Hall–Kier alpha value is -0.160. The standard InChI is InChI=1S/C12H28N2O2/c1-9(8-15)10(2)14-11(7-13)6-12(3,4)16-5/h9-11,14-15H,6-8,13H2,1-5H3. The van der Waals surface area contributed by atoms with Gasteiger partial charge in [0.05, 0.1) is 5.60 Å². The Morgan fingerprint density at radius 1 is 1.38 bits per heavy atom. The molecule has 0 heterocycles. The minimum Gasteiger partial charge on any atom is -0.396 e. The van der Waals surface area contributed by atoms with Crippen molar-refractivity contribution in [2.75, 3.05) is 20.3 Å². The van der Waals surface area contributed by atoms with E-state index in [-0.39, 0.29) is 30.2 Å². The molecule has 3 unspecified atom stereocenters. The lowest BCUT2D eigenvalue weighted by atomic mass is 9.96. The fourth-order valence-corrected chi connectivity index (χ4v) is 1.58. The summed E-state index contributed by atoms with van der Waals surface area (Å²) in [5.41, 5.74) is 5.58. The molecule has 0 aliphatic rings. The number of nitrogens with two attached hydrogens (primary N) is 1. The summed E-state index contributed by atoms with van der Waals surface area (Å²) in [7, 11) is 1.72. The zero-order valence-corrected chi connectivity index (χ0v) is 11.3. The van der Waals surface area contributed by atoms with Crippen molar-refractivity contribution in [2.24, 2.45) is 11.7 Å². The topological polar surface area (TPSA) is 67.5 Å². The van der Waals surface area contributed by atoms with Crippen molar-refractivity contribution in [3.8, 4) is 0 Å². The third-order valence-corrected chi connectivity index (χ3v) is 3.22. The molecule has 0 aliphatic carbocycles. The van der Waals surface area contributed by atoms with Gasteiger partial charge >= 0.3 is 0 Å². The minimum atomic E-state index is -0.167. The van der Waals surface area contributed by atoms with E-state index in [1.165, 1.54) is 0 Å². The lowest BCUT2D eigenvalue weighted by Crippen LogP contribution is -2.48. The van der Waals surface area contributed by atoms with Gasteiger partial charge in [0.1, 0.15) is 0 Å². The third kappa shape index (κ3) is 5.80. The van der Waals surface area contributed by atoms with Gasteiger partial charge in [-0.3, -0.25) is 0 Å².